The maximum atomic E-state index is 5.94. The van der Waals surface area contributed by atoms with Gasteiger partial charge in [0.2, 0.25) is 0 Å². The van der Waals surface area contributed by atoms with Crippen LogP contribution < -0.4 is 5.32 Å². The third-order valence-electron chi connectivity index (χ3n) is 3.65. The second-order valence-corrected chi connectivity index (χ2v) is 5.37. The van der Waals surface area contributed by atoms with Gasteiger partial charge in [0.15, 0.2) is 0 Å². The van der Waals surface area contributed by atoms with E-state index in [1.807, 2.05) is 0 Å². The molecule has 2 fully saturated rings. The van der Waals surface area contributed by atoms with Crippen molar-refractivity contribution < 1.29 is 4.74 Å². The first-order valence-electron chi connectivity index (χ1n) is 5.47. The number of nitrogens with one attached hydrogen (secondary N) is 1. The van der Waals surface area contributed by atoms with Crippen LogP contribution in [0.15, 0.2) is 0 Å². The Hall–Kier alpha value is -0.0800. The molecule has 0 radical (unpaired) electrons. The van der Waals surface area contributed by atoms with Gasteiger partial charge >= 0.3 is 0 Å². The second kappa shape index (κ2) is 3.25. The van der Waals surface area contributed by atoms with Crippen molar-refractivity contribution in [3.8, 4) is 0 Å². The molecule has 1 spiro atoms. The monoisotopic (exact) mass is 183 g/mol. The fourth-order valence-electron chi connectivity index (χ4n) is 2.41. The summed E-state index contributed by atoms with van der Waals surface area (Å²) in [5.74, 6) is 0. The van der Waals surface area contributed by atoms with Crippen molar-refractivity contribution in [2.75, 3.05) is 19.7 Å². The summed E-state index contributed by atoms with van der Waals surface area (Å²) in [6, 6.07) is 0. The Labute approximate surface area is 81.0 Å². The highest BCUT2D eigenvalue weighted by atomic mass is 16.5. The van der Waals surface area contributed by atoms with Gasteiger partial charge in [-0.15, -0.1) is 0 Å². The first-order chi connectivity index (χ1) is 6.12. The summed E-state index contributed by atoms with van der Waals surface area (Å²) in [7, 11) is 0. The van der Waals surface area contributed by atoms with E-state index in [1.54, 1.807) is 0 Å². The summed E-state index contributed by atoms with van der Waals surface area (Å²) < 4.78 is 5.94. The molecule has 1 saturated carbocycles. The van der Waals surface area contributed by atoms with E-state index in [-0.39, 0.29) is 5.60 Å². The summed E-state index contributed by atoms with van der Waals surface area (Å²) in [5, 5.41) is 3.45. The van der Waals surface area contributed by atoms with Crippen LogP contribution >= 0.6 is 0 Å². The van der Waals surface area contributed by atoms with Gasteiger partial charge in [-0.1, -0.05) is 13.8 Å². The van der Waals surface area contributed by atoms with Crippen LogP contribution in [0.1, 0.15) is 39.5 Å². The van der Waals surface area contributed by atoms with Crippen molar-refractivity contribution >= 4 is 0 Å². The van der Waals surface area contributed by atoms with Crippen molar-refractivity contribution in [1.82, 2.24) is 5.32 Å². The Morgan fingerprint density at radius 3 is 2.31 bits per heavy atom. The van der Waals surface area contributed by atoms with Gasteiger partial charge in [0.05, 0.1) is 12.2 Å². The van der Waals surface area contributed by atoms with Gasteiger partial charge in [-0.25, -0.2) is 0 Å². The molecule has 1 saturated heterocycles. The molecule has 13 heavy (non-hydrogen) atoms. The maximum absolute atomic E-state index is 5.94. The molecular formula is C11H21NO. The van der Waals surface area contributed by atoms with Gasteiger partial charge in [-0.05, 0) is 31.1 Å². The highest BCUT2D eigenvalue weighted by molar-refractivity contribution is 4.93. The van der Waals surface area contributed by atoms with E-state index in [2.05, 4.69) is 19.2 Å². The smallest absolute Gasteiger partial charge is 0.0807 e. The predicted molar refractivity (Wildman–Crippen MR) is 53.8 cm³/mol. The van der Waals surface area contributed by atoms with E-state index in [1.165, 1.54) is 25.7 Å². The summed E-state index contributed by atoms with van der Waals surface area (Å²) >= 11 is 0. The van der Waals surface area contributed by atoms with E-state index in [0.717, 1.165) is 19.7 Å². The summed E-state index contributed by atoms with van der Waals surface area (Å²) in [6.07, 6.45) is 5.11. The lowest BCUT2D eigenvalue weighted by atomic mass is 9.70. The molecule has 76 valence electrons. The van der Waals surface area contributed by atoms with Gasteiger partial charge < -0.3 is 10.1 Å². The largest absolute Gasteiger partial charge is 0.372 e. The van der Waals surface area contributed by atoms with E-state index in [4.69, 9.17) is 4.74 Å². The van der Waals surface area contributed by atoms with Crippen LogP contribution in [-0.2, 0) is 4.74 Å². The SMILES string of the molecule is CC1(C)CCC2(CC1)CNCCO2. The van der Waals surface area contributed by atoms with Crippen LogP contribution in [0.25, 0.3) is 0 Å². The fourth-order valence-corrected chi connectivity index (χ4v) is 2.41. The highest BCUT2D eigenvalue weighted by Crippen LogP contribution is 2.42. The maximum Gasteiger partial charge on any atom is 0.0807 e. The summed E-state index contributed by atoms with van der Waals surface area (Å²) in [4.78, 5) is 0. The van der Waals surface area contributed by atoms with Crippen molar-refractivity contribution in [2.24, 2.45) is 5.41 Å². The van der Waals surface area contributed by atoms with Crippen molar-refractivity contribution in [3.63, 3.8) is 0 Å². The third-order valence-corrected chi connectivity index (χ3v) is 3.65. The number of rotatable bonds is 0. The zero-order valence-electron chi connectivity index (χ0n) is 8.86. The lowest BCUT2D eigenvalue weighted by molar-refractivity contribution is -0.103. The molecule has 1 N–H and O–H groups in total. The molecule has 0 unspecified atom stereocenters. The van der Waals surface area contributed by atoms with Crippen molar-refractivity contribution in [1.29, 1.82) is 0 Å². The average molecular weight is 183 g/mol. The quantitative estimate of drug-likeness (QED) is 0.619. The molecule has 2 rings (SSSR count). The Balaban J connectivity index is 1.95. The molecule has 1 heterocycles. The minimum absolute atomic E-state index is 0.202. The van der Waals surface area contributed by atoms with Gasteiger partial charge in [0.1, 0.15) is 0 Å². The topological polar surface area (TPSA) is 21.3 Å². The number of ether oxygens (including phenoxy) is 1. The molecule has 1 aliphatic carbocycles. The minimum Gasteiger partial charge on any atom is -0.372 e. The van der Waals surface area contributed by atoms with E-state index >= 15 is 0 Å². The van der Waals surface area contributed by atoms with Gasteiger partial charge in [-0.3, -0.25) is 0 Å². The summed E-state index contributed by atoms with van der Waals surface area (Å²) in [6.45, 7) is 7.75. The number of hydrogen-bond donors (Lipinski definition) is 1. The van der Waals surface area contributed by atoms with Crippen LogP contribution in [0.4, 0.5) is 0 Å². The van der Waals surface area contributed by atoms with Crippen molar-refractivity contribution in [2.45, 2.75) is 45.1 Å². The second-order valence-electron chi connectivity index (χ2n) is 5.37. The Morgan fingerprint density at radius 1 is 1.08 bits per heavy atom. The lowest BCUT2D eigenvalue weighted by Gasteiger charge is -2.45. The van der Waals surface area contributed by atoms with Crippen LogP contribution in [0.2, 0.25) is 0 Å². The molecule has 0 atom stereocenters. The van der Waals surface area contributed by atoms with Crippen LogP contribution in [0.3, 0.4) is 0 Å². The molecule has 0 aromatic carbocycles. The fraction of sp³-hybridized carbons (Fsp3) is 1.00. The minimum atomic E-state index is 0.202. The molecule has 2 heteroatoms. The Morgan fingerprint density at radius 2 is 1.77 bits per heavy atom. The van der Waals surface area contributed by atoms with Crippen LogP contribution in [0.5, 0.6) is 0 Å². The van der Waals surface area contributed by atoms with E-state index < -0.39 is 0 Å². The number of morpholine rings is 1. The molecule has 2 aliphatic rings. The Kier molecular flexibility index (Phi) is 2.37. The molecule has 2 nitrogen and oxygen atoms in total. The predicted octanol–water partition coefficient (Wildman–Crippen LogP) is 1.95. The van der Waals surface area contributed by atoms with Gasteiger partial charge in [0.25, 0.3) is 0 Å². The molecular weight excluding hydrogens is 162 g/mol. The van der Waals surface area contributed by atoms with E-state index in [0.29, 0.717) is 5.41 Å². The molecule has 0 bridgehead atoms. The highest BCUT2D eigenvalue weighted by Gasteiger charge is 2.39. The standard InChI is InChI=1S/C11H21NO/c1-10(2)3-5-11(6-4-10)9-12-7-8-13-11/h12H,3-9H2,1-2H3. The normalized spacial score (nSPS) is 31.8. The lowest BCUT2D eigenvalue weighted by Crippen LogP contribution is -2.52. The third kappa shape index (κ3) is 2.05. The zero-order chi connectivity index (χ0) is 9.36. The molecule has 0 aromatic heterocycles. The zero-order valence-corrected chi connectivity index (χ0v) is 8.86. The Bertz CT molecular complexity index is 171. The van der Waals surface area contributed by atoms with Crippen LogP contribution in [0, 0.1) is 5.41 Å². The van der Waals surface area contributed by atoms with Gasteiger partial charge in [-0.2, -0.15) is 0 Å². The molecule has 0 amide bonds. The molecule has 0 aromatic rings. The first kappa shape index (κ1) is 9.47. The van der Waals surface area contributed by atoms with E-state index in [9.17, 15) is 0 Å². The number of hydrogen-bond acceptors (Lipinski definition) is 2. The first-order valence-corrected chi connectivity index (χ1v) is 5.47. The van der Waals surface area contributed by atoms with Gasteiger partial charge in [0, 0.05) is 13.1 Å². The molecule has 1 aliphatic heterocycles. The summed E-state index contributed by atoms with van der Waals surface area (Å²) in [5.41, 5.74) is 0.750. The van der Waals surface area contributed by atoms with Crippen LogP contribution in [-0.4, -0.2) is 25.3 Å². The average Bonchev–Trinajstić information content (AvgIpc) is 2.13. The van der Waals surface area contributed by atoms with Crippen molar-refractivity contribution in [3.05, 3.63) is 0 Å².